The normalized spacial score (nSPS) is 22.0. The number of aliphatic hydroxyl groups excluding tert-OH is 1. The van der Waals surface area contributed by atoms with Crippen LogP contribution in [0.4, 0.5) is 4.79 Å². The van der Waals surface area contributed by atoms with Crippen LogP contribution >= 0.6 is 0 Å². The van der Waals surface area contributed by atoms with E-state index in [0.717, 1.165) is 16.9 Å². The molecule has 1 saturated heterocycles. The highest BCUT2D eigenvalue weighted by atomic mass is 16.5. The molecule has 1 amide bonds. The van der Waals surface area contributed by atoms with Crippen molar-refractivity contribution >= 4 is 6.09 Å². The molecule has 0 bridgehead atoms. The molecule has 6 heteroatoms. The number of hydrogen-bond acceptors (Lipinski definition) is 4. The number of carbonyl (C=O) groups is 1. The van der Waals surface area contributed by atoms with E-state index >= 15 is 0 Å². The van der Waals surface area contributed by atoms with Gasteiger partial charge in [0.05, 0.1) is 38.5 Å². The molecule has 0 saturated carbocycles. The van der Waals surface area contributed by atoms with Crippen LogP contribution in [0.3, 0.4) is 0 Å². The molecule has 2 N–H and O–H groups in total. The van der Waals surface area contributed by atoms with Crippen molar-refractivity contribution in [1.82, 2.24) is 4.90 Å². The first kappa shape index (κ1) is 19.2. The lowest BCUT2D eigenvalue weighted by Crippen LogP contribution is -2.51. The van der Waals surface area contributed by atoms with Crippen LogP contribution in [0.15, 0.2) is 54.6 Å². The van der Waals surface area contributed by atoms with Crippen molar-refractivity contribution in [2.45, 2.75) is 31.1 Å². The van der Waals surface area contributed by atoms with Crippen LogP contribution < -0.4 is 4.74 Å². The lowest BCUT2D eigenvalue weighted by atomic mass is 9.88. The first-order valence-corrected chi connectivity index (χ1v) is 8.96. The van der Waals surface area contributed by atoms with Crippen LogP contribution in [0.1, 0.15) is 17.5 Å². The summed E-state index contributed by atoms with van der Waals surface area (Å²) in [4.78, 5) is 13.1. The quantitative estimate of drug-likeness (QED) is 0.782. The van der Waals surface area contributed by atoms with Gasteiger partial charge in [0.25, 0.3) is 0 Å². The molecule has 2 atom stereocenters. The molecule has 1 heterocycles. The Hall–Kier alpha value is -2.57. The Morgan fingerprint density at radius 2 is 1.85 bits per heavy atom. The van der Waals surface area contributed by atoms with Gasteiger partial charge in [-0.1, -0.05) is 42.5 Å². The Bertz CT molecular complexity index is 749. The van der Waals surface area contributed by atoms with Gasteiger partial charge in [0.15, 0.2) is 0 Å². The number of aliphatic hydroxyl groups is 1. The maximum absolute atomic E-state index is 11.8. The molecule has 27 heavy (non-hydrogen) atoms. The van der Waals surface area contributed by atoms with E-state index in [1.54, 1.807) is 7.11 Å². The second-order valence-corrected chi connectivity index (χ2v) is 6.92. The standard InChI is InChI=1S/C21H25NO5/c1-26-18-9-7-17(8-10-18)14-27-19-12-21(15-23,22(13-19)20(24)25)11-16-5-3-2-4-6-16/h2-10,19,23H,11-15H2,1H3,(H,24,25)/t19-,21+/m1/s1. The Balaban J connectivity index is 1.70. The van der Waals surface area contributed by atoms with Crippen LogP contribution in [-0.2, 0) is 17.8 Å². The average Bonchev–Trinajstić information content (AvgIpc) is 3.07. The number of methoxy groups -OCH3 is 1. The first-order chi connectivity index (χ1) is 13.1. The van der Waals surface area contributed by atoms with E-state index in [1.165, 1.54) is 4.90 Å². The minimum Gasteiger partial charge on any atom is -0.497 e. The van der Waals surface area contributed by atoms with Gasteiger partial charge in [0, 0.05) is 6.42 Å². The molecule has 1 fully saturated rings. The fourth-order valence-corrected chi connectivity index (χ4v) is 3.67. The Morgan fingerprint density at radius 3 is 2.44 bits per heavy atom. The number of benzene rings is 2. The third kappa shape index (κ3) is 4.40. The molecule has 0 aliphatic carbocycles. The van der Waals surface area contributed by atoms with Crippen molar-refractivity contribution in [3.8, 4) is 5.75 Å². The molecule has 2 aromatic carbocycles. The fourth-order valence-electron chi connectivity index (χ4n) is 3.67. The zero-order chi connectivity index (χ0) is 19.3. The summed E-state index contributed by atoms with van der Waals surface area (Å²) >= 11 is 0. The lowest BCUT2D eigenvalue weighted by Gasteiger charge is -2.35. The number of likely N-dealkylation sites (tertiary alicyclic amines) is 1. The highest BCUT2D eigenvalue weighted by Crippen LogP contribution is 2.34. The molecule has 0 radical (unpaired) electrons. The predicted octanol–water partition coefficient (Wildman–Crippen LogP) is 2.94. The minimum atomic E-state index is -1.03. The Labute approximate surface area is 159 Å². The zero-order valence-corrected chi connectivity index (χ0v) is 15.4. The molecule has 1 aliphatic rings. The molecule has 6 nitrogen and oxygen atoms in total. The summed E-state index contributed by atoms with van der Waals surface area (Å²) in [5, 5.41) is 19.7. The van der Waals surface area contributed by atoms with Gasteiger partial charge in [-0.2, -0.15) is 0 Å². The van der Waals surface area contributed by atoms with Gasteiger partial charge < -0.3 is 19.7 Å². The van der Waals surface area contributed by atoms with Crippen LogP contribution in [-0.4, -0.2) is 53.1 Å². The topological polar surface area (TPSA) is 79.2 Å². The molecule has 0 unspecified atom stereocenters. The minimum absolute atomic E-state index is 0.239. The van der Waals surface area contributed by atoms with Crippen molar-refractivity contribution in [3.05, 3.63) is 65.7 Å². The van der Waals surface area contributed by atoms with Crippen molar-refractivity contribution < 1.29 is 24.5 Å². The highest BCUT2D eigenvalue weighted by molar-refractivity contribution is 5.67. The maximum Gasteiger partial charge on any atom is 0.407 e. The molecule has 0 aromatic heterocycles. The summed E-state index contributed by atoms with van der Waals surface area (Å²) in [6.45, 7) is 0.393. The maximum atomic E-state index is 11.8. The summed E-state index contributed by atoms with van der Waals surface area (Å²) < 4.78 is 11.1. The average molecular weight is 371 g/mol. The van der Waals surface area contributed by atoms with E-state index in [1.807, 2.05) is 54.6 Å². The molecular formula is C21H25NO5. The molecular weight excluding hydrogens is 346 g/mol. The predicted molar refractivity (Wildman–Crippen MR) is 101 cm³/mol. The van der Waals surface area contributed by atoms with Gasteiger partial charge in [0.1, 0.15) is 5.75 Å². The number of hydrogen-bond donors (Lipinski definition) is 2. The van der Waals surface area contributed by atoms with Crippen LogP contribution in [0, 0.1) is 0 Å². The van der Waals surface area contributed by atoms with Crippen molar-refractivity contribution in [2.75, 3.05) is 20.3 Å². The summed E-state index contributed by atoms with van der Waals surface area (Å²) in [6, 6.07) is 17.2. The Kier molecular flexibility index (Phi) is 5.98. The molecule has 2 aromatic rings. The van der Waals surface area contributed by atoms with E-state index in [2.05, 4.69) is 0 Å². The third-order valence-corrected chi connectivity index (χ3v) is 5.11. The number of nitrogens with zero attached hydrogens (tertiary/aromatic N) is 1. The largest absolute Gasteiger partial charge is 0.497 e. The molecule has 3 rings (SSSR count). The summed E-state index contributed by atoms with van der Waals surface area (Å²) in [5.41, 5.74) is 1.12. The highest BCUT2D eigenvalue weighted by Gasteiger charge is 2.48. The van der Waals surface area contributed by atoms with Crippen molar-refractivity contribution in [1.29, 1.82) is 0 Å². The van der Waals surface area contributed by atoms with E-state index in [-0.39, 0.29) is 19.3 Å². The van der Waals surface area contributed by atoms with Crippen LogP contribution in [0.2, 0.25) is 0 Å². The molecule has 144 valence electrons. The zero-order valence-electron chi connectivity index (χ0n) is 15.4. The molecule has 0 spiro atoms. The third-order valence-electron chi connectivity index (χ3n) is 5.11. The lowest BCUT2D eigenvalue weighted by molar-refractivity contribution is 0.0450. The molecule has 1 aliphatic heterocycles. The van der Waals surface area contributed by atoms with E-state index in [9.17, 15) is 15.0 Å². The van der Waals surface area contributed by atoms with Crippen LogP contribution in [0.5, 0.6) is 5.75 Å². The number of carboxylic acid groups (broad SMARTS) is 1. The van der Waals surface area contributed by atoms with Crippen LogP contribution in [0.25, 0.3) is 0 Å². The second-order valence-electron chi connectivity index (χ2n) is 6.92. The summed E-state index contributed by atoms with van der Waals surface area (Å²) in [5.74, 6) is 0.777. The monoisotopic (exact) mass is 371 g/mol. The van der Waals surface area contributed by atoms with Gasteiger partial charge in [-0.05, 0) is 29.7 Å². The second kappa shape index (κ2) is 8.41. The van der Waals surface area contributed by atoms with Gasteiger partial charge in [-0.3, -0.25) is 4.90 Å². The summed E-state index contributed by atoms with van der Waals surface area (Å²) in [6.07, 6.45) is -0.380. The fraction of sp³-hybridized carbons (Fsp3) is 0.381. The number of ether oxygens (including phenoxy) is 2. The SMILES string of the molecule is COc1ccc(CO[C@H]2CN(C(=O)O)[C@@](CO)(Cc3ccccc3)C2)cc1. The summed E-state index contributed by atoms with van der Waals surface area (Å²) in [7, 11) is 1.62. The van der Waals surface area contributed by atoms with E-state index in [0.29, 0.717) is 19.4 Å². The number of rotatable bonds is 7. The van der Waals surface area contributed by atoms with Gasteiger partial charge >= 0.3 is 6.09 Å². The number of amides is 1. The van der Waals surface area contributed by atoms with E-state index in [4.69, 9.17) is 9.47 Å². The van der Waals surface area contributed by atoms with Gasteiger partial charge in [-0.25, -0.2) is 4.79 Å². The van der Waals surface area contributed by atoms with Crippen molar-refractivity contribution in [2.24, 2.45) is 0 Å². The van der Waals surface area contributed by atoms with Gasteiger partial charge in [0.2, 0.25) is 0 Å². The first-order valence-electron chi connectivity index (χ1n) is 8.96. The van der Waals surface area contributed by atoms with Crippen molar-refractivity contribution in [3.63, 3.8) is 0 Å². The smallest absolute Gasteiger partial charge is 0.407 e. The van der Waals surface area contributed by atoms with E-state index < -0.39 is 11.6 Å². The Morgan fingerprint density at radius 1 is 1.15 bits per heavy atom. The van der Waals surface area contributed by atoms with Gasteiger partial charge in [-0.15, -0.1) is 0 Å².